The van der Waals surface area contributed by atoms with E-state index >= 15 is 0 Å². The Bertz CT molecular complexity index is 393. The monoisotopic (exact) mass is 358 g/mol. The van der Waals surface area contributed by atoms with Crippen molar-refractivity contribution in [2.75, 3.05) is 26.2 Å². The smallest absolute Gasteiger partial charge is 0.137 e. The van der Waals surface area contributed by atoms with Crippen LogP contribution in [0.3, 0.4) is 0 Å². The number of aryl methyl sites for hydroxylation is 1. The van der Waals surface area contributed by atoms with Crippen LogP contribution in [0.2, 0.25) is 0 Å². The normalized spacial score (nSPS) is 10.4. The maximum atomic E-state index is 5.82. The largest absolute Gasteiger partial charge is 0.487 e. The van der Waals surface area contributed by atoms with Crippen molar-refractivity contribution < 1.29 is 9.64 Å². The van der Waals surface area contributed by atoms with Crippen molar-refractivity contribution in [2.45, 2.75) is 6.92 Å². The Labute approximate surface area is 123 Å². The molecule has 0 amide bonds. The molecule has 0 radical (unpaired) electrons. The number of benzene rings is 1. The van der Waals surface area contributed by atoms with Gasteiger partial charge in [-0.2, -0.15) is 0 Å². The summed E-state index contributed by atoms with van der Waals surface area (Å²) in [6.45, 7) is 13.2. The highest BCUT2D eigenvalue weighted by Crippen LogP contribution is 2.21. The summed E-state index contributed by atoms with van der Waals surface area (Å²) in [5.41, 5.74) is 1.26. The molecule has 1 N–H and O–H groups in total. The molecule has 0 aliphatic rings. The van der Waals surface area contributed by atoms with Gasteiger partial charge in [-0.15, -0.1) is 0 Å². The third kappa shape index (κ3) is 5.23. The molecule has 1 aromatic rings. The lowest BCUT2D eigenvalue weighted by molar-refractivity contribution is -0.888. The molecule has 0 fully saturated rings. The standard InChI is InChI=1S/C15H20INO/c1-4-8-17(9-5-2)10-11-18-15-7-6-13(3)12-14(15)16/h4-7,12H,1-2,8-11H2,3H3/p+1. The van der Waals surface area contributed by atoms with E-state index in [1.165, 1.54) is 14.0 Å². The van der Waals surface area contributed by atoms with Crippen LogP contribution >= 0.6 is 22.6 Å². The predicted molar refractivity (Wildman–Crippen MR) is 85.3 cm³/mol. The van der Waals surface area contributed by atoms with Crippen LogP contribution in [0.25, 0.3) is 0 Å². The van der Waals surface area contributed by atoms with Crippen LogP contribution in [0.5, 0.6) is 5.75 Å². The molecule has 0 aliphatic heterocycles. The van der Waals surface area contributed by atoms with Gasteiger partial charge in [0.2, 0.25) is 0 Å². The lowest BCUT2D eigenvalue weighted by Gasteiger charge is -2.16. The highest BCUT2D eigenvalue weighted by Gasteiger charge is 2.06. The Morgan fingerprint density at radius 2 is 1.94 bits per heavy atom. The molecule has 18 heavy (non-hydrogen) atoms. The molecule has 0 saturated heterocycles. The minimum Gasteiger partial charge on any atom is -0.487 e. The third-order valence-corrected chi connectivity index (χ3v) is 3.51. The average molecular weight is 358 g/mol. The number of hydrogen-bond donors (Lipinski definition) is 1. The molecule has 2 nitrogen and oxygen atoms in total. The molecule has 98 valence electrons. The van der Waals surface area contributed by atoms with Crippen molar-refractivity contribution in [3.63, 3.8) is 0 Å². The van der Waals surface area contributed by atoms with Crippen LogP contribution in [0.1, 0.15) is 5.56 Å². The lowest BCUT2D eigenvalue weighted by atomic mass is 10.2. The Hall–Kier alpha value is -0.810. The van der Waals surface area contributed by atoms with Crippen LogP contribution < -0.4 is 9.64 Å². The van der Waals surface area contributed by atoms with E-state index in [-0.39, 0.29) is 0 Å². The highest BCUT2D eigenvalue weighted by atomic mass is 127. The van der Waals surface area contributed by atoms with Gasteiger partial charge in [0.1, 0.15) is 18.9 Å². The Kier molecular flexibility index (Phi) is 7.05. The average Bonchev–Trinajstić information content (AvgIpc) is 2.32. The number of quaternary nitrogens is 1. The van der Waals surface area contributed by atoms with Gasteiger partial charge in [-0.05, 0) is 59.4 Å². The fourth-order valence-electron chi connectivity index (χ4n) is 1.72. The first kappa shape index (κ1) is 15.2. The molecular formula is C15H21INO+. The first-order valence-electron chi connectivity index (χ1n) is 6.11. The van der Waals surface area contributed by atoms with E-state index in [4.69, 9.17) is 4.74 Å². The summed E-state index contributed by atoms with van der Waals surface area (Å²) in [6.07, 6.45) is 3.88. The van der Waals surface area contributed by atoms with Gasteiger partial charge in [-0.3, -0.25) is 0 Å². The number of hydrogen-bond acceptors (Lipinski definition) is 1. The first-order valence-corrected chi connectivity index (χ1v) is 7.19. The van der Waals surface area contributed by atoms with E-state index < -0.39 is 0 Å². The van der Waals surface area contributed by atoms with Crippen LogP contribution in [0.15, 0.2) is 43.5 Å². The molecule has 0 atom stereocenters. The van der Waals surface area contributed by atoms with Crippen LogP contribution in [-0.2, 0) is 0 Å². The van der Waals surface area contributed by atoms with Crippen molar-refractivity contribution in [1.82, 2.24) is 0 Å². The molecule has 0 spiro atoms. The summed E-state index contributed by atoms with van der Waals surface area (Å²) >= 11 is 2.31. The van der Waals surface area contributed by atoms with Crippen molar-refractivity contribution in [3.8, 4) is 5.75 Å². The van der Waals surface area contributed by atoms with Gasteiger partial charge in [0.25, 0.3) is 0 Å². The van der Waals surface area contributed by atoms with Gasteiger partial charge in [0.05, 0.1) is 16.7 Å². The molecule has 0 unspecified atom stereocenters. The van der Waals surface area contributed by atoms with Gasteiger partial charge in [0, 0.05) is 0 Å². The van der Waals surface area contributed by atoms with Crippen LogP contribution in [-0.4, -0.2) is 26.2 Å². The Balaban J connectivity index is 2.44. The summed E-state index contributed by atoms with van der Waals surface area (Å²) in [6, 6.07) is 6.25. The number of halogens is 1. The van der Waals surface area contributed by atoms with Gasteiger partial charge in [-0.1, -0.05) is 19.2 Å². The molecule has 0 bridgehead atoms. The molecular weight excluding hydrogens is 337 g/mol. The summed E-state index contributed by atoms with van der Waals surface area (Å²) in [4.78, 5) is 1.42. The fourth-order valence-corrected chi connectivity index (χ4v) is 2.55. The Morgan fingerprint density at radius 3 is 2.50 bits per heavy atom. The summed E-state index contributed by atoms with van der Waals surface area (Å²) in [5, 5.41) is 0. The zero-order valence-corrected chi connectivity index (χ0v) is 13.1. The zero-order chi connectivity index (χ0) is 13.4. The van der Waals surface area contributed by atoms with E-state index in [1.807, 2.05) is 18.2 Å². The zero-order valence-electron chi connectivity index (χ0n) is 10.9. The second-order valence-corrected chi connectivity index (χ2v) is 5.43. The van der Waals surface area contributed by atoms with Gasteiger partial charge < -0.3 is 9.64 Å². The molecule has 0 aromatic heterocycles. The van der Waals surface area contributed by atoms with Crippen LogP contribution in [0, 0.1) is 10.5 Å². The van der Waals surface area contributed by atoms with Crippen LogP contribution in [0.4, 0.5) is 0 Å². The fraction of sp³-hybridized carbons (Fsp3) is 0.333. The first-order chi connectivity index (χ1) is 8.67. The van der Waals surface area contributed by atoms with Gasteiger partial charge in [0.15, 0.2) is 0 Å². The topological polar surface area (TPSA) is 13.7 Å². The lowest BCUT2D eigenvalue weighted by Crippen LogP contribution is -3.12. The maximum Gasteiger partial charge on any atom is 0.137 e. The summed E-state index contributed by atoms with van der Waals surface area (Å²) in [5.74, 6) is 0.970. The van der Waals surface area contributed by atoms with E-state index in [9.17, 15) is 0 Å². The van der Waals surface area contributed by atoms with Crippen molar-refractivity contribution in [2.24, 2.45) is 0 Å². The van der Waals surface area contributed by atoms with E-state index in [0.29, 0.717) is 0 Å². The molecule has 0 saturated carbocycles. The quantitative estimate of drug-likeness (QED) is 0.556. The third-order valence-electron chi connectivity index (χ3n) is 2.67. The van der Waals surface area contributed by atoms with E-state index in [1.54, 1.807) is 0 Å². The minimum atomic E-state index is 0.718. The van der Waals surface area contributed by atoms with Gasteiger partial charge >= 0.3 is 0 Å². The van der Waals surface area contributed by atoms with Gasteiger partial charge in [-0.25, -0.2) is 0 Å². The second-order valence-electron chi connectivity index (χ2n) is 4.27. The molecule has 0 aliphatic carbocycles. The van der Waals surface area contributed by atoms with Crippen molar-refractivity contribution in [1.29, 1.82) is 0 Å². The minimum absolute atomic E-state index is 0.718. The van der Waals surface area contributed by atoms with Crippen molar-refractivity contribution in [3.05, 3.63) is 52.6 Å². The SMILES string of the molecule is C=CC[NH+](CC=C)CCOc1ccc(C)cc1I. The predicted octanol–water partition coefficient (Wildman–Crippen LogP) is 2.24. The van der Waals surface area contributed by atoms with E-state index in [0.717, 1.165) is 32.0 Å². The molecule has 1 rings (SSSR count). The molecule has 0 heterocycles. The number of nitrogens with one attached hydrogen (secondary N) is 1. The maximum absolute atomic E-state index is 5.82. The Morgan fingerprint density at radius 1 is 1.28 bits per heavy atom. The highest BCUT2D eigenvalue weighted by molar-refractivity contribution is 14.1. The molecule has 1 aromatic carbocycles. The summed E-state index contributed by atoms with van der Waals surface area (Å²) < 4.78 is 6.99. The summed E-state index contributed by atoms with van der Waals surface area (Å²) in [7, 11) is 0. The molecule has 3 heteroatoms. The number of rotatable bonds is 8. The second kappa shape index (κ2) is 8.32. The number of ether oxygens (including phenoxy) is 1. The van der Waals surface area contributed by atoms with E-state index in [2.05, 4.69) is 54.8 Å². The van der Waals surface area contributed by atoms with Crippen molar-refractivity contribution >= 4 is 22.6 Å².